The number of benzene rings is 2. The first kappa shape index (κ1) is 22.3. The van der Waals surface area contributed by atoms with Crippen molar-refractivity contribution >= 4 is 11.9 Å². The molecule has 7 heteroatoms. The fraction of sp³-hybridized carbons (Fsp3) is 0.364. The summed E-state index contributed by atoms with van der Waals surface area (Å²) in [5.41, 5.74) is 2.75. The molecular formula is C22H28F2N4O. The van der Waals surface area contributed by atoms with E-state index in [1.165, 1.54) is 24.3 Å². The van der Waals surface area contributed by atoms with E-state index in [2.05, 4.69) is 20.9 Å². The number of aryl methyl sites for hydroxylation is 1. The Hall–Kier alpha value is -2.96. The molecular weight excluding hydrogens is 374 g/mol. The molecule has 156 valence electrons. The van der Waals surface area contributed by atoms with Crippen molar-refractivity contribution in [1.82, 2.24) is 16.0 Å². The van der Waals surface area contributed by atoms with Gasteiger partial charge in [-0.2, -0.15) is 0 Å². The molecule has 1 amide bonds. The highest BCUT2D eigenvalue weighted by Gasteiger charge is 2.04. The molecule has 0 aliphatic carbocycles. The molecule has 0 saturated heterocycles. The predicted molar refractivity (Wildman–Crippen MR) is 112 cm³/mol. The van der Waals surface area contributed by atoms with Crippen LogP contribution in [-0.4, -0.2) is 38.0 Å². The van der Waals surface area contributed by atoms with Gasteiger partial charge < -0.3 is 16.0 Å². The molecule has 3 N–H and O–H groups in total. The van der Waals surface area contributed by atoms with Crippen molar-refractivity contribution in [2.75, 3.05) is 26.2 Å². The number of carbonyl (C=O) groups excluding carboxylic acids is 1. The summed E-state index contributed by atoms with van der Waals surface area (Å²) in [6, 6.07) is 10.7. The van der Waals surface area contributed by atoms with Crippen molar-refractivity contribution in [2.45, 2.75) is 26.7 Å². The van der Waals surface area contributed by atoms with Crippen LogP contribution >= 0.6 is 0 Å². The Morgan fingerprint density at radius 3 is 2.34 bits per heavy atom. The van der Waals surface area contributed by atoms with Crippen molar-refractivity contribution in [1.29, 1.82) is 0 Å². The van der Waals surface area contributed by atoms with Gasteiger partial charge in [-0.3, -0.25) is 9.79 Å². The lowest BCUT2D eigenvalue weighted by Crippen LogP contribution is -2.41. The van der Waals surface area contributed by atoms with Crippen LogP contribution in [0.25, 0.3) is 0 Å². The van der Waals surface area contributed by atoms with E-state index in [0.717, 1.165) is 29.7 Å². The van der Waals surface area contributed by atoms with E-state index in [-0.39, 0.29) is 24.0 Å². The quantitative estimate of drug-likeness (QED) is 0.343. The topological polar surface area (TPSA) is 65.5 Å². The van der Waals surface area contributed by atoms with Crippen molar-refractivity contribution < 1.29 is 13.6 Å². The molecule has 5 nitrogen and oxygen atoms in total. The number of guanidine groups is 1. The van der Waals surface area contributed by atoms with Gasteiger partial charge in [-0.25, -0.2) is 8.78 Å². The molecule has 0 unspecified atom stereocenters. The fourth-order valence-electron chi connectivity index (χ4n) is 2.80. The van der Waals surface area contributed by atoms with Crippen molar-refractivity contribution in [3.8, 4) is 0 Å². The Balaban J connectivity index is 1.72. The van der Waals surface area contributed by atoms with Crippen LogP contribution in [0.3, 0.4) is 0 Å². The second-order valence-corrected chi connectivity index (χ2v) is 6.66. The van der Waals surface area contributed by atoms with E-state index in [1.54, 1.807) is 18.2 Å². The normalized spacial score (nSPS) is 11.2. The highest BCUT2D eigenvalue weighted by Crippen LogP contribution is 2.10. The summed E-state index contributed by atoms with van der Waals surface area (Å²) < 4.78 is 26.1. The predicted octanol–water partition coefficient (Wildman–Crippen LogP) is 2.73. The van der Waals surface area contributed by atoms with Crippen molar-refractivity contribution in [3.05, 3.63) is 70.8 Å². The Kier molecular flexibility index (Phi) is 9.08. The number of amides is 1. The Labute approximate surface area is 170 Å². The summed E-state index contributed by atoms with van der Waals surface area (Å²) in [4.78, 5) is 16.5. The van der Waals surface area contributed by atoms with Crippen LogP contribution in [0.5, 0.6) is 0 Å². The lowest BCUT2D eigenvalue weighted by atomic mass is 10.1. The maximum absolute atomic E-state index is 13.2. The maximum atomic E-state index is 13.2. The van der Waals surface area contributed by atoms with Crippen LogP contribution in [-0.2, 0) is 17.6 Å². The molecule has 0 saturated carbocycles. The van der Waals surface area contributed by atoms with E-state index in [4.69, 9.17) is 0 Å². The van der Waals surface area contributed by atoms with E-state index in [0.29, 0.717) is 25.6 Å². The number of nitrogens with one attached hydrogen (secondary N) is 3. The minimum absolute atomic E-state index is 0.118. The molecule has 0 aliphatic rings. The molecule has 0 atom stereocenters. The Bertz CT molecular complexity index is 822. The summed E-state index contributed by atoms with van der Waals surface area (Å²) in [6.45, 7) is 6.13. The van der Waals surface area contributed by atoms with Crippen LogP contribution in [0.15, 0.2) is 47.5 Å². The molecule has 2 aromatic carbocycles. The van der Waals surface area contributed by atoms with Gasteiger partial charge in [-0.15, -0.1) is 0 Å². The summed E-state index contributed by atoms with van der Waals surface area (Å²) in [5, 5.41) is 9.15. The van der Waals surface area contributed by atoms with Gasteiger partial charge in [0.15, 0.2) is 5.96 Å². The number of hydrogen-bond donors (Lipinski definition) is 3. The third-order valence-corrected chi connectivity index (χ3v) is 4.32. The monoisotopic (exact) mass is 402 g/mol. The van der Waals surface area contributed by atoms with E-state index < -0.39 is 0 Å². The molecule has 29 heavy (non-hydrogen) atoms. The second-order valence-electron chi connectivity index (χ2n) is 6.66. The van der Waals surface area contributed by atoms with Crippen LogP contribution in [0, 0.1) is 18.6 Å². The van der Waals surface area contributed by atoms with Gasteiger partial charge in [0.05, 0.1) is 6.42 Å². The summed E-state index contributed by atoms with van der Waals surface area (Å²) >= 11 is 0. The zero-order valence-electron chi connectivity index (χ0n) is 16.9. The minimum atomic E-state index is -0.316. The molecule has 0 radical (unpaired) electrons. The van der Waals surface area contributed by atoms with Gasteiger partial charge in [0, 0.05) is 26.2 Å². The number of halogens is 2. The van der Waals surface area contributed by atoms with Crippen molar-refractivity contribution in [2.24, 2.45) is 4.99 Å². The molecule has 2 aromatic rings. The van der Waals surface area contributed by atoms with Gasteiger partial charge >= 0.3 is 0 Å². The maximum Gasteiger partial charge on any atom is 0.224 e. The Morgan fingerprint density at radius 1 is 0.966 bits per heavy atom. The van der Waals surface area contributed by atoms with Gasteiger partial charge in [-0.1, -0.05) is 18.2 Å². The number of aliphatic imine (C=N–C) groups is 1. The van der Waals surface area contributed by atoms with Gasteiger partial charge in [0.25, 0.3) is 0 Å². The molecule has 0 fully saturated rings. The number of hydrogen-bond acceptors (Lipinski definition) is 2. The second kappa shape index (κ2) is 11.8. The van der Waals surface area contributed by atoms with Crippen LogP contribution in [0.4, 0.5) is 8.78 Å². The minimum Gasteiger partial charge on any atom is -0.357 e. The first-order valence-electron chi connectivity index (χ1n) is 9.76. The zero-order valence-corrected chi connectivity index (χ0v) is 16.9. The lowest BCUT2D eigenvalue weighted by molar-refractivity contribution is -0.120. The lowest BCUT2D eigenvalue weighted by Gasteiger charge is -2.12. The highest BCUT2D eigenvalue weighted by molar-refractivity contribution is 5.80. The smallest absolute Gasteiger partial charge is 0.224 e. The summed E-state index contributed by atoms with van der Waals surface area (Å²) in [5.74, 6) is 0.00148. The SMILES string of the molecule is CCNC(=NCCc1ccc(F)cc1C)NCCNC(=O)Cc1ccc(F)cc1. The van der Waals surface area contributed by atoms with Crippen LogP contribution in [0.1, 0.15) is 23.6 Å². The average Bonchev–Trinajstić information content (AvgIpc) is 2.68. The average molecular weight is 402 g/mol. The highest BCUT2D eigenvalue weighted by atomic mass is 19.1. The third kappa shape index (κ3) is 8.29. The van der Waals surface area contributed by atoms with Crippen LogP contribution in [0.2, 0.25) is 0 Å². The summed E-state index contributed by atoms with van der Waals surface area (Å²) in [7, 11) is 0. The first-order valence-corrected chi connectivity index (χ1v) is 9.76. The van der Waals surface area contributed by atoms with Gasteiger partial charge in [0.1, 0.15) is 11.6 Å². The molecule has 0 heterocycles. The van der Waals surface area contributed by atoms with Crippen molar-refractivity contribution in [3.63, 3.8) is 0 Å². The van der Waals surface area contributed by atoms with Crippen LogP contribution < -0.4 is 16.0 Å². The van der Waals surface area contributed by atoms with E-state index >= 15 is 0 Å². The Morgan fingerprint density at radius 2 is 1.66 bits per heavy atom. The van der Waals surface area contributed by atoms with Gasteiger partial charge in [-0.05, 0) is 61.2 Å². The molecule has 0 aromatic heterocycles. The molecule has 2 rings (SSSR count). The van der Waals surface area contributed by atoms with E-state index in [9.17, 15) is 13.6 Å². The number of nitrogens with zero attached hydrogens (tertiary/aromatic N) is 1. The van der Waals surface area contributed by atoms with E-state index in [1.807, 2.05) is 13.8 Å². The zero-order chi connectivity index (χ0) is 21.1. The summed E-state index contributed by atoms with van der Waals surface area (Å²) in [6.07, 6.45) is 0.933. The van der Waals surface area contributed by atoms with Gasteiger partial charge in [0.2, 0.25) is 5.91 Å². The standard InChI is InChI=1S/C22H28F2N4O/c1-3-25-22(27-11-10-18-6-9-20(24)14-16(18)2)28-13-12-26-21(29)15-17-4-7-19(23)8-5-17/h4-9,14H,3,10-13,15H2,1-2H3,(H,26,29)(H2,25,27,28). The third-order valence-electron chi connectivity index (χ3n) is 4.32. The molecule has 0 spiro atoms. The number of carbonyl (C=O) groups is 1. The number of rotatable bonds is 9. The molecule has 0 aliphatic heterocycles. The largest absolute Gasteiger partial charge is 0.357 e. The fourth-order valence-corrected chi connectivity index (χ4v) is 2.80. The molecule has 0 bridgehead atoms. The first-order chi connectivity index (χ1) is 14.0.